The minimum atomic E-state index is 0.739. The molecule has 0 amide bonds. The van der Waals surface area contributed by atoms with Gasteiger partial charge in [0.05, 0.1) is 5.69 Å². The molecule has 0 unspecified atom stereocenters. The zero-order chi connectivity index (χ0) is 8.84. The van der Waals surface area contributed by atoms with Crippen molar-refractivity contribution in [2.45, 2.75) is 31.8 Å². The van der Waals surface area contributed by atoms with E-state index in [1.54, 1.807) is 11.3 Å². The Kier molecular flexibility index (Phi) is 1.60. The molecule has 4 heteroatoms. The molecule has 0 radical (unpaired) electrons. The molecule has 2 N–H and O–H groups in total. The molecule has 0 atom stereocenters. The van der Waals surface area contributed by atoms with Crippen LogP contribution in [0.25, 0.3) is 0 Å². The molecule has 2 aliphatic rings. The quantitative estimate of drug-likeness (QED) is 0.733. The van der Waals surface area contributed by atoms with Crippen molar-refractivity contribution >= 4 is 16.5 Å². The molecule has 3 nitrogen and oxygen atoms in total. The molecule has 2 heterocycles. The van der Waals surface area contributed by atoms with Crippen molar-refractivity contribution < 1.29 is 0 Å². The van der Waals surface area contributed by atoms with Crippen LogP contribution in [0.15, 0.2) is 0 Å². The van der Waals surface area contributed by atoms with Gasteiger partial charge in [0.2, 0.25) is 0 Å². The molecular formula is C9H13N3S. The normalized spacial score (nSPS) is 23.1. The first kappa shape index (κ1) is 7.76. The van der Waals surface area contributed by atoms with E-state index >= 15 is 0 Å². The molecule has 13 heavy (non-hydrogen) atoms. The van der Waals surface area contributed by atoms with E-state index in [-0.39, 0.29) is 0 Å². The highest BCUT2D eigenvalue weighted by atomic mass is 32.1. The maximum atomic E-state index is 5.68. The minimum absolute atomic E-state index is 0.739. The van der Waals surface area contributed by atoms with Crippen LogP contribution in [0.4, 0.5) is 5.13 Å². The first-order valence-electron chi connectivity index (χ1n) is 4.81. The van der Waals surface area contributed by atoms with Gasteiger partial charge in [-0.1, -0.05) is 0 Å². The van der Waals surface area contributed by atoms with E-state index in [4.69, 9.17) is 5.73 Å². The Morgan fingerprint density at radius 3 is 3.08 bits per heavy atom. The fourth-order valence-electron chi connectivity index (χ4n) is 1.99. The van der Waals surface area contributed by atoms with Gasteiger partial charge in [0, 0.05) is 30.4 Å². The summed E-state index contributed by atoms with van der Waals surface area (Å²) in [5.74, 6) is 0. The van der Waals surface area contributed by atoms with Crippen molar-refractivity contribution in [2.24, 2.45) is 0 Å². The van der Waals surface area contributed by atoms with Crippen LogP contribution in [0.1, 0.15) is 23.4 Å². The van der Waals surface area contributed by atoms with Crippen molar-refractivity contribution in [1.82, 2.24) is 9.88 Å². The number of thiazole rings is 1. The fraction of sp³-hybridized carbons (Fsp3) is 0.667. The molecule has 1 aliphatic heterocycles. The second kappa shape index (κ2) is 2.69. The average molecular weight is 195 g/mol. The van der Waals surface area contributed by atoms with E-state index in [0.717, 1.165) is 24.1 Å². The number of rotatable bonds is 1. The van der Waals surface area contributed by atoms with Gasteiger partial charge in [0.25, 0.3) is 0 Å². The Balaban J connectivity index is 1.85. The van der Waals surface area contributed by atoms with Crippen LogP contribution in [0.3, 0.4) is 0 Å². The Morgan fingerprint density at radius 2 is 2.31 bits per heavy atom. The highest BCUT2D eigenvalue weighted by molar-refractivity contribution is 7.15. The van der Waals surface area contributed by atoms with Crippen molar-refractivity contribution in [2.75, 3.05) is 12.3 Å². The van der Waals surface area contributed by atoms with Gasteiger partial charge in [0.15, 0.2) is 5.13 Å². The van der Waals surface area contributed by atoms with E-state index < -0.39 is 0 Å². The van der Waals surface area contributed by atoms with Crippen LogP contribution in [0, 0.1) is 0 Å². The Hall–Kier alpha value is -0.610. The lowest BCUT2D eigenvalue weighted by molar-refractivity contribution is 0.245. The summed E-state index contributed by atoms with van der Waals surface area (Å²) in [4.78, 5) is 8.30. The second-order valence-corrected chi connectivity index (χ2v) is 4.99. The fourth-order valence-corrected chi connectivity index (χ4v) is 2.89. The summed E-state index contributed by atoms with van der Waals surface area (Å²) >= 11 is 1.66. The Morgan fingerprint density at radius 1 is 1.46 bits per heavy atom. The van der Waals surface area contributed by atoms with Crippen molar-refractivity contribution in [3.63, 3.8) is 0 Å². The molecule has 1 saturated carbocycles. The van der Waals surface area contributed by atoms with Crippen molar-refractivity contribution in [3.8, 4) is 0 Å². The van der Waals surface area contributed by atoms with Crippen LogP contribution in [0.5, 0.6) is 0 Å². The monoisotopic (exact) mass is 195 g/mol. The molecule has 1 aliphatic carbocycles. The molecule has 0 aromatic carbocycles. The van der Waals surface area contributed by atoms with Crippen LogP contribution < -0.4 is 5.73 Å². The average Bonchev–Trinajstić information content (AvgIpc) is 2.87. The zero-order valence-electron chi connectivity index (χ0n) is 7.49. The predicted molar refractivity (Wildman–Crippen MR) is 53.7 cm³/mol. The summed E-state index contributed by atoms with van der Waals surface area (Å²) in [5.41, 5.74) is 6.93. The van der Waals surface area contributed by atoms with Gasteiger partial charge in [-0.3, -0.25) is 4.90 Å². The predicted octanol–water partition coefficient (Wildman–Crippen LogP) is 1.25. The van der Waals surface area contributed by atoms with E-state index in [1.165, 1.54) is 30.0 Å². The van der Waals surface area contributed by atoms with Gasteiger partial charge in [-0.25, -0.2) is 4.98 Å². The lowest BCUT2D eigenvalue weighted by atomic mass is 10.2. The summed E-state index contributed by atoms with van der Waals surface area (Å²) in [6.07, 6.45) is 3.88. The molecule has 0 saturated heterocycles. The topological polar surface area (TPSA) is 42.1 Å². The van der Waals surface area contributed by atoms with Gasteiger partial charge in [-0.2, -0.15) is 0 Å². The summed E-state index contributed by atoms with van der Waals surface area (Å²) < 4.78 is 0. The number of aromatic nitrogens is 1. The smallest absolute Gasteiger partial charge is 0.180 e. The van der Waals surface area contributed by atoms with Gasteiger partial charge in [-0.15, -0.1) is 11.3 Å². The van der Waals surface area contributed by atoms with Gasteiger partial charge in [-0.05, 0) is 12.8 Å². The van der Waals surface area contributed by atoms with Crippen LogP contribution in [-0.4, -0.2) is 22.5 Å². The maximum Gasteiger partial charge on any atom is 0.180 e. The first-order chi connectivity index (χ1) is 6.33. The standard InChI is InChI=1S/C9H13N3S/c10-9-11-7-3-4-12(6-1-2-6)5-8(7)13-9/h6H,1-5H2,(H2,10,11). The molecule has 1 fully saturated rings. The SMILES string of the molecule is Nc1nc2c(s1)CN(C1CC1)CC2. The molecule has 0 bridgehead atoms. The lowest BCUT2D eigenvalue weighted by Gasteiger charge is -2.25. The maximum absolute atomic E-state index is 5.68. The largest absolute Gasteiger partial charge is 0.375 e. The lowest BCUT2D eigenvalue weighted by Crippen LogP contribution is -2.31. The molecule has 70 valence electrons. The Labute approximate surface area is 81.6 Å². The number of hydrogen-bond acceptors (Lipinski definition) is 4. The van der Waals surface area contributed by atoms with Gasteiger partial charge < -0.3 is 5.73 Å². The third-order valence-corrected chi connectivity index (χ3v) is 3.75. The molecular weight excluding hydrogens is 182 g/mol. The highest BCUT2D eigenvalue weighted by Crippen LogP contribution is 2.33. The molecule has 0 spiro atoms. The summed E-state index contributed by atoms with van der Waals surface area (Å²) in [5, 5.41) is 0.739. The van der Waals surface area contributed by atoms with E-state index in [2.05, 4.69) is 9.88 Å². The van der Waals surface area contributed by atoms with Crippen LogP contribution in [-0.2, 0) is 13.0 Å². The molecule has 1 aromatic heterocycles. The third kappa shape index (κ3) is 1.34. The molecule has 1 aromatic rings. The first-order valence-corrected chi connectivity index (χ1v) is 5.62. The highest BCUT2D eigenvalue weighted by Gasteiger charge is 2.32. The number of nitrogens with two attached hydrogens (primary N) is 1. The summed E-state index contributed by atoms with van der Waals surface area (Å²) in [6.45, 7) is 2.27. The second-order valence-electron chi connectivity index (χ2n) is 3.87. The number of nitrogens with zero attached hydrogens (tertiary/aromatic N) is 2. The summed E-state index contributed by atoms with van der Waals surface area (Å²) in [7, 11) is 0. The summed E-state index contributed by atoms with van der Waals surface area (Å²) in [6, 6.07) is 0.872. The number of fused-ring (bicyclic) bond motifs is 1. The van der Waals surface area contributed by atoms with Crippen molar-refractivity contribution in [1.29, 1.82) is 0 Å². The minimum Gasteiger partial charge on any atom is -0.375 e. The number of hydrogen-bond donors (Lipinski definition) is 1. The van der Waals surface area contributed by atoms with Crippen LogP contribution in [0.2, 0.25) is 0 Å². The van der Waals surface area contributed by atoms with Crippen LogP contribution >= 0.6 is 11.3 Å². The zero-order valence-corrected chi connectivity index (χ0v) is 8.31. The van der Waals surface area contributed by atoms with E-state index in [0.29, 0.717) is 0 Å². The molecule has 3 rings (SSSR count). The third-order valence-electron chi connectivity index (χ3n) is 2.84. The van der Waals surface area contributed by atoms with Gasteiger partial charge >= 0.3 is 0 Å². The number of nitrogen functional groups attached to an aromatic ring is 1. The number of anilines is 1. The van der Waals surface area contributed by atoms with E-state index in [1.807, 2.05) is 0 Å². The van der Waals surface area contributed by atoms with Crippen molar-refractivity contribution in [3.05, 3.63) is 10.6 Å². The van der Waals surface area contributed by atoms with E-state index in [9.17, 15) is 0 Å². The van der Waals surface area contributed by atoms with Gasteiger partial charge in [0.1, 0.15) is 0 Å². The Bertz CT molecular complexity index is 330.